The minimum Gasteiger partial charge on any atom is -0.492 e. The molecule has 0 bridgehead atoms. The van der Waals surface area contributed by atoms with Crippen molar-refractivity contribution < 1.29 is 4.74 Å². The molecule has 0 radical (unpaired) electrons. The van der Waals surface area contributed by atoms with Crippen LogP contribution in [0.2, 0.25) is 0 Å². The van der Waals surface area contributed by atoms with E-state index in [-0.39, 0.29) is 6.04 Å². The monoisotopic (exact) mass is 311 g/mol. The number of nitrogens with one attached hydrogen (secondary N) is 2. The zero-order chi connectivity index (χ0) is 16.5. The van der Waals surface area contributed by atoms with Crippen molar-refractivity contribution in [3.8, 4) is 5.75 Å². The maximum atomic E-state index is 5.70. The molecule has 2 rings (SSSR count). The lowest BCUT2D eigenvalue weighted by Gasteiger charge is -2.18. The molecule has 0 heterocycles. The lowest BCUT2D eigenvalue weighted by molar-refractivity contribution is 0.321. The van der Waals surface area contributed by atoms with Crippen LogP contribution < -0.4 is 15.4 Å². The third-order valence-electron chi connectivity index (χ3n) is 3.56. The summed E-state index contributed by atoms with van der Waals surface area (Å²) in [6, 6.07) is 18.6. The van der Waals surface area contributed by atoms with E-state index < -0.39 is 0 Å². The van der Waals surface area contributed by atoms with Crippen LogP contribution in [0.5, 0.6) is 5.75 Å². The molecule has 4 nitrogen and oxygen atoms in total. The van der Waals surface area contributed by atoms with Crippen LogP contribution in [0.15, 0.2) is 59.6 Å². The van der Waals surface area contributed by atoms with Gasteiger partial charge in [-0.05, 0) is 31.5 Å². The number of ether oxygens (including phenoxy) is 1. The first kappa shape index (κ1) is 16.9. The van der Waals surface area contributed by atoms with Gasteiger partial charge in [-0.15, -0.1) is 0 Å². The van der Waals surface area contributed by atoms with E-state index >= 15 is 0 Å². The van der Waals surface area contributed by atoms with Crippen molar-refractivity contribution in [2.75, 3.05) is 20.2 Å². The summed E-state index contributed by atoms with van der Waals surface area (Å²) in [5.41, 5.74) is 2.46. The van der Waals surface area contributed by atoms with E-state index in [1.54, 1.807) is 7.05 Å². The van der Waals surface area contributed by atoms with Crippen molar-refractivity contribution in [2.24, 2.45) is 4.99 Å². The summed E-state index contributed by atoms with van der Waals surface area (Å²) in [7, 11) is 1.77. The fourth-order valence-electron chi connectivity index (χ4n) is 2.20. The number of hydrogen-bond acceptors (Lipinski definition) is 2. The Morgan fingerprint density at radius 1 is 1.09 bits per heavy atom. The summed E-state index contributed by atoms with van der Waals surface area (Å²) in [6.45, 7) is 5.46. The highest BCUT2D eigenvalue weighted by atomic mass is 16.5. The predicted molar refractivity (Wildman–Crippen MR) is 96.0 cm³/mol. The number of nitrogens with zero attached hydrogens (tertiary/aromatic N) is 1. The molecule has 0 spiro atoms. The number of rotatable bonds is 6. The second-order valence-electron chi connectivity index (χ2n) is 5.44. The molecule has 0 aliphatic carbocycles. The predicted octanol–water partition coefficient (Wildman–Crippen LogP) is 3.30. The first-order valence-electron chi connectivity index (χ1n) is 7.90. The Hall–Kier alpha value is -2.49. The summed E-state index contributed by atoms with van der Waals surface area (Å²) in [5, 5.41) is 6.64. The molecule has 4 heteroatoms. The average molecular weight is 311 g/mol. The third kappa shape index (κ3) is 5.66. The van der Waals surface area contributed by atoms with Gasteiger partial charge in [0.25, 0.3) is 0 Å². The molecule has 2 aromatic carbocycles. The van der Waals surface area contributed by atoms with E-state index in [1.165, 1.54) is 11.1 Å². The normalized spacial score (nSPS) is 12.6. The van der Waals surface area contributed by atoms with Crippen molar-refractivity contribution in [3.63, 3.8) is 0 Å². The van der Waals surface area contributed by atoms with E-state index in [9.17, 15) is 0 Å². The van der Waals surface area contributed by atoms with E-state index in [0.717, 1.165) is 11.7 Å². The van der Waals surface area contributed by atoms with Gasteiger partial charge in [0.1, 0.15) is 12.4 Å². The van der Waals surface area contributed by atoms with Crippen LogP contribution in [0, 0.1) is 6.92 Å². The van der Waals surface area contributed by atoms with Gasteiger partial charge in [-0.2, -0.15) is 0 Å². The molecule has 0 saturated carbocycles. The largest absolute Gasteiger partial charge is 0.492 e. The molecule has 0 aromatic heterocycles. The number of aryl methyl sites for hydroxylation is 1. The van der Waals surface area contributed by atoms with Gasteiger partial charge in [-0.1, -0.05) is 48.0 Å². The van der Waals surface area contributed by atoms with E-state index in [0.29, 0.717) is 13.2 Å². The van der Waals surface area contributed by atoms with Crippen LogP contribution in [0.3, 0.4) is 0 Å². The number of benzene rings is 2. The van der Waals surface area contributed by atoms with Gasteiger partial charge >= 0.3 is 0 Å². The molecule has 0 aliphatic heterocycles. The molecule has 23 heavy (non-hydrogen) atoms. The van der Waals surface area contributed by atoms with Gasteiger partial charge < -0.3 is 15.4 Å². The summed E-state index contributed by atoms with van der Waals surface area (Å²) < 4.78 is 5.70. The molecule has 0 aliphatic rings. The molecular formula is C19H25N3O. The SMILES string of the molecule is CN=C(NCCOc1ccc(C)cc1)NC(C)c1ccccc1. The van der Waals surface area contributed by atoms with Crippen molar-refractivity contribution in [1.82, 2.24) is 10.6 Å². The fraction of sp³-hybridized carbons (Fsp3) is 0.316. The number of guanidine groups is 1. The summed E-state index contributed by atoms with van der Waals surface area (Å²) in [5.74, 6) is 1.66. The molecule has 0 fully saturated rings. The second-order valence-corrected chi connectivity index (χ2v) is 5.44. The molecule has 2 aromatic rings. The quantitative estimate of drug-likeness (QED) is 0.489. The molecular weight excluding hydrogens is 286 g/mol. The van der Waals surface area contributed by atoms with Gasteiger partial charge in [0.2, 0.25) is 0 Å². The van der Waals surface area contributed by atoms with Crippen molar-refractivity contribution in [3.05, 3.63) is 65.7 Å². The van der Waals surface area contributed by atoms with Gasteiger partial charge in [0.15, 0.2) is 5.96 Å². The standard InChI is InChI=1S/C19H25N3O/c1-15-9-11-18(12-10-15)23-14-13-21-19(20-3)22-16(2)17-7-5-4-6-8-17/h4-12,16H,13-14H2,1-3H3,(H2,20,21,22). The summed E-state index contributed by atoms with van der Waals surface area (Å²) >= 11 is 0. The third-order valence-corrected chi connectivity index (χ3v) is 3.56. The zero-order valence-corrected chi connectivity index (χ0v) is 14.0. The first-order chi connectivity index (χ1) is 11.2. The Balaban J connectivity index is 1.74. The first-order valence-corrected chi connectivity index (χ1v) is 7.90. The molecule has 2 N–H and O–H groups in total. The maximum Gasteiger partial charge on any atom is 0.191 e. The van der Waals surface area contributed by atoms with Crippen molar-refractivity contribution >= 4 is 5.96 Å². The summed E-state index contributed by atoms with van der Waals surface area (Å²) in [4.78, 5) is 4.25. The molecule has 122 valence electrons. The van der Waals surface area contributed by atoms with Crippen LogP contribution in [-0.2, 0) is 0 Å². The number of hydrogen-bond donors (Lipinski definition) is 2. The van der Waals surface area contributed by atoms with Crippen LogP contribution in [0.25, 0.3) is 0 Å². The Bertz CT molecular complexity index is 608. The highest BCUT2D eigenvalue weighted by Gasteiger charge is 2.06. The van der Waals surface area contributed by atoms with Gasteiger partial charge in [0, 0.05) is 7.05 Å². The van der Waals surface area contributed by atoms with E-state index in [4.69, 9.17) is 4.74 Å². The lowest BCUT2D eigenvalue weighted by atomic mass is 10.1. The zero-order valence-electron chi connectivity index (χ0n) is 14.0. The Morgan fingerprint density at radius 3 is 2.43 bits per heavy atom. The lowest BCUT2D eigenvalue weighted by Crippen LogP contribution is -2.40. The Kier molecular flexibility index (Phi) is 6.48. The fourth-order valence-corrected chi connectivity index (χ4v) is 2.20. The molecule has 0 amide bonds. The highest BCUT2D eigenvalue weighted by Crippen LogP contribution is 2.11. The van der Waals surface area contributed by atoms with Crippen molar-refractivity contribution in [1.29, 1.82) is 0 Å². The summed E-state index contributed by atoms with van der Waals surface area (Å²) in [6.07, 6.45) is 0. The van der Waals surface area contributed by atoms with Crippen molar-refractivity contribution in [2.45, 2.75) is 19.9 Å². The maximum absolute atomic E-state index is 5.70. The molecule has 1 unspecified atom stereocenters. The van der Waals surface area contributed by atoms with Gasteiger partial charge in [0.05, 0.1) is 12.6 Å². The topological polar surface area (TPSA) is 45.7 Å². The average Bonchev–Trinajstić information content (AvgIpc) is 2.59. The minimum atomic E-state index is 0.195. The second kappa shape index (κ2) is 8.83. The van der Waals surface area contributed by atoms with E-state index in [2.05, 4.69) is 41.6 Å². The highest BCUT2D eigenvalue weighted by molar-refractivity contribution is 5.80. The van der Waals surface area contributed by atoms with Crippen LogP contribution in [0.4, 0.5) is 0 Å². The van der Waals surface area contributed by atoms with Gasteiger partial charge in [-0.3, -0.25) is 4.99 Å². The minimum absolute atomic E-state index is 0.195. The van der Waals surface area contributed by atoms with Crippen LogP contribution in [-0.4, -0.2) is 26.2 Å². The van der Waals surface area contributed by atoms with E-state index in [1.807, 2.05) is 42.5 Å². The molecule has 1 atom stereocenters. The number of aliphatic imine (C=N–C) groups is 1. The smallest absolute Gasteiger partial charge is 0.191 e. The Labute approximate surface area is 138 Å². The van der Waals surface area contributed by atoms with Gasteiger partial charge in [-0.25, -0.2) is 0 Å². The Morgan fingerprint density at radius 2 is 1.78 bits per heavy atom. The van der Waals surface area contributed by atoms with Crippen LogP contribution >= 0.6 is 0 Å². The van der Waals surface area contributed by atoms with Crippen LogP contribution in [0.1, 0.15) is 24.1 Å². The molecule has 0 saturated heterocycles.